The van der Waals surface area contributed by atoms with E-state index in [0.717, 1.165) is 6.42 Å². The Morgan fingerprint density at radius 3 is 2.82 bits per heavy atom. The van der Waals surface area contributed by atoms with Gasteiger partial charge in [0.25, 0.3) is 0 Å². The van der Waals surface area contributed by atoms with E-state index in [4.69, 9.17) is 4.74 Å². The smallest absolute Gasteiger partial charge is 0.306 e. The molecular formula is C9H16O2. The molecule has 11 heavy (non-hydrogen) atoms. The van der Waals surface area contributed by atoms with Crippen LogP contribution in [0.4, 0.5) is 0 Å². The molecule has 0 amide bonds. The van der Waals surface area contributed by atoms with Gasteiger partial charge >= 0.3 is 5.97 Å². The average molecular weight is 156 g/mol. The summed E-state index contributed by atoms with van der Waals surface area (Å²) in [6.07, 6.45) is 3.11. The van der Waals surface area contributed by atoms with Crippen LogP contribution in [0.5, 0.6) is 0 Å². The molecule has 0 heterocycles. The van der Waals surface area contributed by atoms with Crippen LogP contribution in [0.25, 0.3) is 0 Å². The maximum atomic E-state index is 10.9. The van der Waals surface area contributed by atoms with Crippen LogP contribution in [-0.2, 0) is 9.53 Å². The van der Waals surface area contributed by atoms with E-state index in [2.05, 4.69) is 13.5 Å². The zero-order chi connectivity index (χ0) is 8.69. The lowest BCUT2D eigenvalue weighted by Gasteiger charge is -2.06. The van der Waals surface area contributed by atoms with Crippen molar-refractivity contribution in [2.24, 2.45) is 5.92 Å². The van der Waals surface area contributed by atoms with Gasteiger partial charge in [-0.1, -0.05) is 32.9 Å². The highest BCUT2D eigenvalue weighted by molar-refractivity contribution is 5.69. The number of carbonyl (C=O) groups is 1. The fourth-order valence-electron chi connectivity index (χ4n) is 0.640. The van der Waals surface area contributed by atoms with Crippen molar-refractivity contribution >= 4 is 5.97 Å². The zero-order valence-electron chi connectivity index (χ0n) is 7.30. The normalized spacial score (nSPS) is 12.2. The number of ether oxygens (including phenoxy) is 1. The van der Waals surface area contributed by atoms with Gasteiger partial charge in [-0.05, 0) is 5.92 Å². The molecule has 1 atom stereocenters. The van der Waals surface area contributed by atoms with Crippen LogP contribution in [0.1, 0.15) is 26.7 Å². The molecule has 64 valence electrons. The van der Waals surface area contributed by atoms with Crippen molar-refractivity contribution in [1.29, 1.82) is 0 Å². The van der Waals surface area contributed by atoms with Gasteiger partial charge in [-0.3, -0.25) is 4.79 Å². The summed E-state index contributed by atoms with van der Waals surface area (Å²) in [6, 6.07) is 0. The highest BCUT2D eigenvalue weighted by Crippen LogP contribution is 2.06. The number of rotatable bonds is 5. The molecule has 2 nitrogen and oxygen atoms in total. The Bertz CT molecular complexity index is 130. The van der Waals surface area contributed by atoms with Gasteiger partial charge < -0.3 is 4.74 Å². The van der Waals surface area contributed by atoms with Crippen LogP contribution in [0.3, 0.4) is 0 Å². The third-order valence-electron chi connectivity index (χ3n) is 1.57. The van der Waals surface area contributed by atoms with Gasteiger partial charge in [0.15, 0.2) is 0 Å². The summed E-state index contributed by atoms with van der Waals surface area (Å²) in [5.74, 6) is 0.298. The van der Waals surface area contributed by atoms with E-state index < -0.39 is 0 Å². The lowest BCUT2D eigenvalue weighted by molar-refractivity contribution is -0.143. The molecule has 0 rings (SSSR count). The van der Waals surface area contributed by atoms with Crippen molar-refractivity contribution < 1.29 is 9.53 Å². The van der Waals surface area contributed by atoms with Crippen molar-refractivity contribution in [3.63, 3.8) is 0 Å². The van der Waals surface area contributed by atoms with Crippen LogP contribution in [0, 0.1) is 5.92 Å². The minimum atomic E-state index is -0.126. The first kappa shape index (κ1) is 10.2. The topological polar surface area (TPSA) is 26.3 Å². The Balaban J connectivity index is 3.43. The largest absolute Gasteiger partial charge is 0.461 e. The molecule has 0 aromatic carbocycles. The highest BCUT2D eigenvalue weighted by atomic mass is 16.5. The Morgan fingerprint density at radius 2 is 2.36 bits per heavy atom. The lowest BCUT2D eigenvalue weighted by atomic mass is 10.1. The number of esters is 1. The predicted octanol–water partition coefficient (Wildman–Crippen LogP) is 2.15. The van der Waals surface area contributed by atoms with E-state index in [1.807, 2.05) is 6.92 Å². The quantitative estimate of drug-likeness (QED) is 0.450. The van der Waals surface area contributed by atoms with Crippen molar-refractivity contribution in [3.05, 3.63) is 12.7 Å². The summed E-state index contributed by atoms with van der Waals surface area (Å²) in [5, 5.41) is 0. The van der Waals surface area contributed by atoms with Crippen molar-refractivity contribution in [2.75, 3.05) is 6.61 Å². The fraction of sp³-hybridized carbons (Fsp3) is 0.667. The van der Waals surface area contributed by atoms with Gasteiger partial charge in [0, 0.05) is 6.42 Å². The monoisotopic (exact) mass is 156 g/mol. The molecule has 0 aliphatic heterocycles. The van der Waals surface area contributed by atoms with Gasteiger partial charge in [-0.15, -0.1) is 0 Å². The molecule has 0 N–H and O–H groups in total. The highest BCUT2D eigenvalue weighted by Gasteiger charge is 2.06. The van der Waals surface area contributed by atoms with Gasteiger partial charge in [-0.2, -0.15) is 0 Å². The molecule has 0 aromatic heterocycles. The molecule has 0 saturated carbocycles. The Hall–Kier alpha value is -0.790. The van der Waals surface area contributed by atoms with E-state index in [0.29, 0.717) is 18.9 Å². The van der Waals surface area contributed by atoms with E-state index >= 15 is 0 Å². The molecule has 2 heteroatoms. The predicted molar refractivity (Wildman–Crippen MR) is 45.2 cm³/mol. The summed E-state index contributed by atoms with van der Waals surface area (Å²) in [6.45, 7) is 7.88. The van der Waals surface area contributed by atoms with Gasteiger partial charge in [-0.25, -0.2) is 0 Å². The van der Waals surface area contributed by atoms with Crippen LogP contribution < -0.4 is 0 Å². The summed E-state index contributed by atoms with van der Waals surface area (Å²) in [7, 11) is 0. The molecule has 0 aromatic rings. The molecule has 1 unspecified atom stereocenters. The van der Waals surface area contributed by atoms with Crippen LogP contribution >= 0.6 is 0 Å². The van der Waals surface area contributed by atoms with Crippen molar-refractivity contribution in [2.45, 2.75) is 26.7 Å². The Labute approximate surface area is 68.2 Å². The van der Waals surface area contributed by atoms with Gasteiger partial charge in [0.05, 0.1) is 0 Å². The lowest BCUT2D eigenvalue weighted by Crippen LogP contribution is -2.08. The number of carbonyl (C=O) groups excluding carboxylic acids is 1. The molecule has 0 saturated heterocycles. The fourth-order valence-corrected chi connectivity index (χ4v) is 0.640. The molecular weight excluding hydrogens is 140 g/mol. The second-order valence-electron chi connectivity index (χ2n) is 2.69. The first-order valence-corrected chi connectivity index (χ1v) is 3.97. The molecule has 0 fully saturated rings. The van der Waals surface area contributed by atoms with E-state index in [1.165, 1.54) is 0 Å². The second-order valence-corrected chi connectivity index (χ2v) is 2.69. The van der Waals surface area contributed by atoms with E-state index in [-0.39, 0.29) is 5.97 Å². The second kappa shape index (κ2) is 5.96. The van der Waals surface area contributed by atoms with Gasteiger partial charge in [0.2, 0.25) is 0 Å². The molecule has 0 radical (unpaired) electrons. The minimum absolute atomic E-state index is 0.126. The van der Waals surface area contributed by atoms with Crippen molar-refractivity contribution in [3.8, 4) is 0 Å². The van der Waals surface area contributed by atoms with Gasteiger partial charge in [0.1, 0.15) is 6.61 Å². The summed E-state index contributed by atoms with van der Waals surface area (Å²) in [4.78, 5) is 10.9. The van der Waals surface area contributed by atoms with E-state index in [1.54, 1.807) is 6.08 Å². The average Bonchev–Trinajstić information content (AvgIpc) is 2.00. The molecule has 0 aliphatic carbocycles. The maximum Gasteiger partial charge on any atom is 0.306 e. The first-order valence-electron chi connectivity index (χ1n) is 3.97. The summed E-state index contributed by atoms with van der Waals surface area (Å²) >= 11 is 0. The third-order valence-corrected chi connectivity index (χ3v) is 1.57. The standard InChI is InChI=1S/C9H16O2/c1-4-6-11-9(10)7-8(3)5-2/h4,8H,1,5-7H2,2-3H3. The van der Waals surface area contributed by atoms with Crippen LogP contribution in [-0.4, -0.2) is 12.6 Å². The van der Waals surface area contributed by atoms with Crippen LogP contribution in [0.2, 0.25) is 0 Å². The number of hydrogen-bond acceptors (Lipinski definition) is 2. The SMILES string of the molecule is C=CCOC(=O)CC(C)CC. The first-order chi connectivity index (χ1) is 5.20. The molecule has 0 spiro atoms. The van der Waals surface area contributed by atoms with Crippen molar-refractivity contribution in [1.82, 2.24) is 0 Å². The maximum absolute atomic E-state index is 10.9. The van der Waals surface area contributed by atoms with E-state index in [9.17, 15) is 4.79 Å². The molecule has 0 bridgehead atoms. The Kier molecular flexibility index (Phi) is 5.53. The Morgan fingerprint density at radius 1 is 1.73 bits per heavy atom. The molecule has 0 aliphatic rings. The van der Waals surface area contributed by atoms with Crippen LogP contribution in [0.15, 0.2) is 12.7 Å². The number of hydrogen-bond donors (Lipinski definition) is 0. The third kappa shape index (κ3) is 5.64. The minimum Gasteiger partial charge on any atom is -0.461 e. The summed E-state index contributed by atoms with van der Waals surface area (Å²) < 4.78 is 4.81. The zero-order valence-corrected chi connectivity index (χ0v) is 7.30. The summed E-state index contributed by atoms with van der Waals surface area (Å²) in [5.41, 5.74) is 0.